The molecular formula is C15H22BrN3O. The monoisotopic (exact) mass is 339 g/mol. The third-order valence-electron chi connectivity index (χ3n) is 3.72. The molecule has 1 aromatic rings. The summed E-state index contributed by atoms with van der Waals surface area (Å²) >= 11 is 3.49. The highest BCUT2D eigenvalue weighted by Gasteiger charge is 2.15. The van der Waals surface area contributed by atoms with Gasteiger partial charge in [0.25, 0.3) is 0 Å². The molecule has 20 heavy (non-hydrogen) atoms. The van der Waals surface area contributed by atoms with Gasteiger partial charge in [0.15, 0.2) is 0 Å². The highest BCUT2D eigenvalue weighted by molar-refractivity contribution is 9.10. The van der Waals surface area contributed by atoms with Crippen molar-refractivity contribution < 1.29 is 4.79 Å². The summed E-state index contributed by atoms with van der Waals surface area (Å²) in [6.45, 7) is 4.47. The van der Waals surface area contributed by atoms with E-state index in [1.165, 1.54) is 6.42 Å². The fourth-order valence-corrected chi connectivity index (χ4v) is 2.94. The van der Waals surface area contributed by atoms with Crippen molar-refractivity contribution in [1.29, 1.82) is 0 Å². The van der Waals surface area contributed by atoms with Gasteiger partial charge in [-0.2, -0.15) is 0 Å². The molecule has 0 spiro atoms. The first-order valence-corrected chi connectivity index (χ1v) is 7.94. The largest absolute Gasteiger partial charge is 0.398 e. The van der Waals surface area contributed by atoms with Crippen LogP contribution in [-0.4, -0.2) is 30.4 Å². The Hall–Kier alpha value is -1.23. The van der Waals surface area contributed by atoms with Crippen LogP contribution in [0.2, 0.25) is 0 Å². The number of aryl methyl sites for hydroxylation is 1. The van der Waals surface area contributed by atoms with Crippen LogP contribution in [0, 0.1) is 6.92 Å². The summed E-state index contributed by atoms with van der Waals surface area (Å²) < 4.78 is 0.936. The average Bonchev–Trinajstić information content (AvgIpc) is 2.45. The molecule has 1 aliphatic rings. The van der Waals surface area contributed by atoms with Crippen LogP contribution in [0.4, 0.5) is 11.4 Å². The van der Waals surface area contributed by atoms with Crippen LogP contribution < -0.4 is 11.1 Å². The van der Waals surface area contributed by atoms with Gasteiger partial charge in [0, 0.05) is 41.9 Å². The summed E-state index contributed by atoms with van der Waals surface area (Å²) in [5.41, 5.74) is 8.64. The molecule has 3 N–H and O–H groups in total. The number of carbonyl (C=O) groups excluding carboxylic acids is 1. The Balaban J connectivity index is 1.83. The van der Waals surface area contributed by atoms with E-state index in [1.54, 1.807) is 0 Å². The van der Waals surface area contributed by atoms with Crippen LogP contribution in [0.1, 0.15) is 31.2 Å². The Morgan fingerprint density at radius 1 is 1.35 bits per heavy atom. The van der Waals surface area contributed by atoms with Crippen LogP contribution in [0.25, 0.3) is 0 Å². The van der Waals surface area contributed by atoms with Gasteiger partial charge >= 0.3 is 0 Å². The lowest BCUT2D eigenvalue weighted by molar-refractivity contribution is -0.131. The van der Waals surface area contributed by atoms with Crippen LogP contribution in [0.15, 0.2) is 16.6 Å². The van der Waals surface area contributed by atoms with Crippen molar-refractivity contribution in [2.75, 3.05) is 30.7 Å². The molecule has 5 heteroatoms. The Morgan fingerprint density at radius 3 is 2.75 bits per heavy atom. The molecule has 0 saturated carbocycles. The van der Waals surface area contributed by atoms with Crippen molar-refractivity contribution in [3.63, 3.8) is 0 Å². The zero-order valence-electron chi connectivity index (χ0n) is 11.9. The Morgan fingerprint density at radius 2 is 2.05 bits per heavy atom. The molecule has 1 heterocycles. The molecular weight excluding hydrogens is 318 g/mol. The number of nitrogens with two attached hydrogens (primary N) is 1. The fourth-order valence-electron chi connectivity index (χ4n) is 2.44. The summed E-state index contributed by atoms with van der Waals surface area (Å²) in [6, 6.07) is 3.90. The molecule has 2 rings (SSSR count). The van der Waals surface area contributed by atoms with Crippen molar-refractivity contribution >= 4 is 33.2 Å². The van der Waals surface area contributed by atoms with Crippen molar-refractivity contribution in [3.8, 4) is 0 Å². The van der Waals surface area contributed by atoms with Gasteiger partial charge in [-0.15, -0.1) is 0 Å². The van der Waals surface area contributed by atoms with Crippen LogP contribution >= 0.6 is 15.9 Å². The van der Waals surface area contributed by atoms with E-state index in [1.807, 2.05) is 24.0 Å². The number of hydrogen-bond donors (Lipinski definition) is 2. The van der Waals surface area contributed by atoms with Gasteiger partial charge in [0.05, 0.1) is 0 Å². The summed E-state index contributed by atoms with van der Waals surface area (Å²) in [5.74, 6) is 0.250. The number of amides is 1. The molecule has 0 bridgehead atoms. The zero-order chi connectivity index (χ0) is 14.5. The third-order valence-corrected chi connectivity index (χ3v) is 4.37. The van der Waals surface area contributed by atoms with Gasteiger partial charge in [0.1, 0.15) is 0 Å². The van der Waals surface area contributed by atoms with Crippen molar-refractivity contribution in [1.82, 2.24) is 4.90 Å². The topological polar surface area (TPSA) is 58.4 Å². The zero-order valence-corrected chi connectivity index (χ0v) is 13.5. The molecule has 4 nitrogen and oxygen atoms in total. The predicted octanol–water partition coefficient (Wildman–Crippen LogP) is 3.15. The normalized spacial score (nSPS) is 15.2. The summed E-state index contributed by atoms with van der Waals surface area (Å²) in [5, 5.41) is 3.30. The molecule has 0 atom stereocenters. The minimum absolute atomic E-state index is 0.250. The second-order valence-electron chi connectivity index (χ2n) is 5.31. The molecule has 1 saturated heterocycles. The van der Waals surface area contributed by atoms with E-state index in [0.717, 1.165) is 47.3 Å². The highest BCUT2D eigenvalue weighted by atomic mass is 79.9. The third kappa shape index (κ3) is 3.88. The quantitative estimate of drug-likeness (QED) is 0.828. The molecule has 1 aliphatic heterocycles. The predicted molar refractivity (Wildman–Crippen MR) is 86.8 cm³/mol. The SMILES string of the molecule is Cc1cc(NCCC(=O)N2CCCCC2)c(Br)cc1N. The molecule has 1 fully saturated rings. The number of rotatable bonds is 4. The van der Waals surface area contributed by atoms with Crippen molar-refractivity contribution in [3.05, 3.63) is 22.2 Å². The molecule has 110 valence electrons. The number of nitrogens with zero attached hydrogens (tertiary/aromatic N) is 1. The second kappa shape index (κ2) is 6.97. The maximum absolute atomic E-state index is 12.0. The number of benzene rings is 1. The van der Waals surface area contributed by atoms with Crippen LogP contribution in [0.3, 0.4) is 0 Å². The van der Waals surface area contributed by atoms with Gasteiger partial charge in [-0.3, -0.25) is 4.79 Å². The van der Waals surface area contributed by atoms with Gasteiger partial charge in [-0.05, 0) is 59.8 Å². The molecule has 0 unspecified atom stereocenters. The number of hydrogen-bond acceptors (Lipinski definition) is 3. The van der Waals surface area contributed by atoms with Gasteiger partial charge in [-0.1, -0.05) is 0 Å². The highest BCUT2D eigenvalue weighted by Crippen LogP contribution is 2.27. The minimum Gasteiger partial charge on any atom is -0.398 e. The first kappa shape index (κ1) is 15.2. The van der Waals surface area contributed by atoms with E-state index in [4.69, 9.17) is 5.73 Å². The second-order valence-corrected chi connectivity index (χ2v) is 6.16. The van der Waals surface area contributed by atoms with E-state index in [9.17, 15) is 4.79 Å². The summed E-state index contributed by atoms with van der Waals surface area (Å²) in [7, 11) is 0. The van der Waals surface area contributed by atoms with E-state index >= 15 is 0 Å². The number of nitrogens with one attached hydrogen (secondary N) is 1. The number of nitrogen functional groups attached to an aromatic ring is 1. The first-order valence-electron chi connectivity index (χ1n) is 7.15. The Kier molecular flexibility index (Phi) is 5.29. The number of halogens is 1. The molecule has 0 aromatic heterocycles. The maximum Gasteiger partial charge on any atom is 0.224 e. The molecule has 1 amide bonds. The van der Waals surface area contributed by atoms with Crippen molar-refractivity contribution in [2.45, 2.75) is 32.6 Å². The number of carbonyl (C=O) groups is 1. The number of piperidine rings is 1. The first-order chi connectivity index (χ1) is 9.58. The van der Waals surface area contributed by atoms with E-state index < -0.39 is 0 Å². The van der Waals surface area contributed by atoms with Gasteiger partial charge in [0.2, 0.25) is 5.91 Å². The Bertz CT molecular complexity index is 484. The summed E-state index contributed by atoms with van der Waals surface area (Å²) in [6.07, 6.45) is 4.07. The van der Waals surface area contributed by atoms with Gasteiger partial charge in [-0.25, -0.2) is 0 Å². The average molecular weight is 340 g/mol. The van der Waals surface area contributed by atoms with E-state index in [-0.39, 0.29) is 5.91 Å². The number of likely N-dealkylation sites (tertiary alicyclic amines) is 1. The standard InChI is InChI=1S/C15H22BrN3O/c1-11-9-14(12(16)10-13(11)17)18-6-5-15(20)19-7-3-2-4-8-19/h9-10,18H,2-8,17H2,1H3. The summed E-state index contributed by atoms with van der Waals surface area (Å²) in [4.78, 5) is 14.0. The molecule has 1 aromatic carbocycles. The molecule has 0 radical (unpaired) electrons. The lowest BCUT2D eigenvalue weighted by atomic mass is 10.1. The fraction of sp³-hybridized carbons (Fsp3) is 0.533. The minimum atomic E-state index is 0.250. The lowest BCUT2D eigenvalue weighted by Gasteiger charge is -2.26. The molecule has 0 aliphatic carbocycles. The maximum atomic E-state index is 12.0. The van der Waals surface area contributed by atoms with Crippen molar-refractivity contribution in [2.24, 2.45) is 0 Å². The van der Waals surface area contributed by atoms with Crippen LogP contribution in [-0.2, 0) is 4.79 Å². The van der Waals surface area contributed by atoms with E-state index in [0.29, 0.717) is 13.0 Å². The lowest BCUT2D eigenvalue weighted by Crippen LogP contribution is -2.36. The Labute approximate surface area is 128 Å². The van der Waals surface area contributed by atoms with E-state index in [2.05, 4.69) is 21.2 Å². The van der Waals surface area contributed by atoms with Gasteiger partial charge < -0.3 is 16.0 Å². The number of anilines is 2. The smallest absolute Gasteiger partial charge is 0.224 e. The van der Waals surface area contributed by atoms with Crippen LogP contribution in [0.5, 0.6) is 0 Å².